The van der Waals surface area contributed by atoms with Gasteiger partial charge in [0, 0.05) is 17.6 Å². The van der Waals surface area contributed by atoms with E-state index >= 15 is 0 Å². The van der Waals surface area contributed by atoms with Crippen LogP contribution in [0.5, 0.6) is 0 Å². The number of benzene rings is 1. The highest BCUT2D eigenvalue weighted by molar-refractivity contribution is 7.09. The number of likely N-dealkylation sites (tertiary alicyclic amines) is 1. The van der Waals surface area contributed by atoms with Crippen LogP contribution in [-0.4, -0.2) is 28.9 Å². The Morgan fingerprint density at radius 1 is 1.32 bits per heavy atom. The predicted octanol–water partition coefficient (Wildman–Crippen LogP) is 3.23. The molecule has 0 unspecified atom stereocenters. The van der Waals surface area contributed by atoms with E-state index in [4.69, 9.17) is 0 Å². The molecule has 1 aromatic heterocycles. The molecule has 0 atom stereocenters. The molecule has 0 bridgehead atoms. The van der Waals surface area contributed by atoms with E-state index in [1.54, 1.807) is 11.3 Å². The fraction of sp³-hybridized carbons (Fsp3) is 0.412. The van der Waals surface area contributed by atoms with Crippen LogP contribution < -0.4 is 5.32 Å². The van der Waals surface area contributed by atoms with Crippen molar-refractivity contribution in [3.8, 4) is 0 Å². The maximum absolute atomic E-state index is 12.1. The van der Waals surface area contributed by atoms with Gasteiger partial charge in [0.25, 0.3) is 0 Å². The van der Waals surface area contributed by atoms with Crippen molar-refractivity contribution < 1.29 is 4.79 Å². The third-order valence-electron chi connectivity index (χ3n) is 3.91. The number of carbonyl (C=O) groups is 1. The molecule has 4 nitrogen and oxygen atoms in total. The van der Waals surface area contributed by atoms with E-state index in [2.05, 4.69) is 20.6 Å². The number of aromatic nitrogens is 1. The Balaban J connectivity index is 1.55. The zero-order valence-electron chi connectivity index (χ0n) is 12.8. The van der Waals surface area contributed by atoms with Gasteiger partial charge in [-0.15, -0.1) is 11.3 Å². The minimum absolute atomic E-state index is 0.00336. The fourth-order valence-electron chi connectivity index (χ4n) is 2.72. The summed E-state index contributed by atoms with van der Waals surface area (Å²) in [4.78, 5) is 19.1. The molecule has 1 aliphatic rings. The number of anilines is 1. The number of rotatable bonds is 5. The quantitative estimate of drug-likeness (QED) is 0.921. The molecule has 1 saturated heterocycles. The standard InChI is InChI=1S/C17H21N3OS/c1-13-6-2-3-7-15(13)19-16(21)10-17-18-14(12-22-17)11-20-8-4-5-9-20/h2-3,6-7,12H,4-5,8-11H2,1H3,(H,19,21). The van der Waals surface area contributed by atoms with Crippen molar-refractivity contribution in [1.29, 1.82) is 0 Å². The lowest BCUT2D eigenvalue weighted by atomic mass is 10.2. The van der Waals surface area contributed by atoms with Crippen LogP contribution in [0.3, 0.4) is 0 Å². The van der Waals surface area contributed by atoms with Crippen LogP contribution in [0.4, 0.5) is 5.69 Å². The molecule has 116 valence electrons. The van der Waals surface area contributed by atoms with Crippen LogP contribution in [0.15, 0.2) is 29.6 Å². The molecular weight excluding hydrogens is 294 g/mol. The summed E-state index contributed by atoms with van der Waals surface area (Å²) in [6.45, 7) is 5.24. The largest absolute Gasteiger partial charge is 0.325 e. The number of carbonyl (C=O) groups excluding carboxylic acids is 1. The van der Waals surface area contributed by atoms with E-state index in [1.807, 2.05) is 31.2 Å². The number of aryl methyl sites for hydroxylation is 1. The first kappa shape index (κ1) is 15.2. The first-order valence-corrected chi connectivity index (χ1v) is 8.60. The van der Waals surface area contributed by atoms with E-state index < -0.39 is 0 Å². The number of amides is 1. The number of thiazole rings is 1. The zero-order valence-corrected chi connectivity index (χ0v) is 13.7. The van der Waals surface area contributed by atoms with E-state index in [0.29, 0.717) is 6.42 Å². The number of nitrogens with zero attached hydrogens (tertiary/aromatic N) is 2. The molecule has 1 aliphatic heterocycles. The fourth-order valence-corrected chi connectivity index (χ4v) is 3.50. The van der Waals surface area contributed by atoms with Gasteiger partial charge in [-0.3, -0.25) is 9.69 Å². The lowest BCUT2D eigenvalue weighted by molar-refractivity contribution is -0.115. The summed E-state index contributed by atoms with van der Waals surface area (Å²) >= 11 is 1.58. The number of hydrogen-bond donors (Lipinski definition) is 1. The molecule has 1 fully saturated rings. The van der Waals surface area contributed by atoms with Crippen molar-refractivity contribution in [1.82, 2.24) is 9.88 Å². The van der Waals surface area contributed by atoms with E-state index in [1.165, 1.54) is 25.9 Å². The third kappa shape index (κ3) is 3.93. The van der Waals surface area contributed by atoms with Gasteiger partial charge in [-0.1, -0.05) is 18.2 Å². The zero-order chi connectivity index (χ0) is 15.4. The highest BCUT2D eigenvalue weighted by atomic mass is 32.1. The van der Waals surface area contributed by atoms with Gasteiger partial charge >= 0.3 is 0 Å². The summed E-state index contributed by atoms with van der Waals surface area (Å²) in [5.41, 5.74) is 3.04. The summed E-state index contributed by atoms with van der Waals surface area (Å²) in [6, 6.07) is 7.82. The smallest absolute Gasteiger partial charge is 0.231 e. The van der Waals surface area contributed by atoms with E-state index in [-0.39, 0.29) is 5.91 Å². The van der Waals surface area contributed by atoms with Crippen LogP contribution in [0.1, 0.15) is 29.1 Å². The van der Waals surface area contributed by atoms with Gasteiger partial charge < -0.3 is 5.32 Å². The van der Waals surface area contributed by atoms with E-state index in [9.17, 15) is 4.79 Å². The predicted molar refractivity (Wildman–Crippen MR) is 90.1 cm³/mol. The van der Waals surface area contributed by atoms with Gasteiger partial charge in [0.1, 0.15) is 5.01 Å². The highest BCUT2D eigenvalue weighted by Gasteiger charge is 2.14. The SMILES string of the molecule is Cc1ccccc1NC(=O)Cc1nc(CN2CCCC2)cs1. The summed E-state index contributed by atoms with van der Waals surface area (Å²) in [6.07, 6.45) is 2.92. The summed E-state index contributed by atoms with van der Waals surface area (Å²) < 4.78 is 0. The van der Waals surface area contributed by atoms with Crippen molar-refractivity contribution in [2.24, 2.45) is 0 Å². The normalized spacial score (nSPS) is 15.1. The van der Waals surface area contributed by atoms with Crippen molar-refractivity contribution in [3.05, 3.63) is 45.9 Å². The Bertz CT molecular complexity index is 647. The van der Waals surface area contributed by atoms with Crippen LogP contribution in [-0.2, 0) is 17.8 Å². The number of hydrogen-bond acceptors (Lipinski definition) is 4. The minimum Gasteiger partial charge on any atom is -0.325 e. The monoisotopic (exact) mass is 315 g/mol. The Hall–Kier alpha value is -1.72. The van der Waals surface area contributed by atoms with Gasteiger partial charge in [0.2, 0.25) is 5.91 Å². The molecule has 1 amide bonds. The average molecular weight is 315 g/mol. The molecule has 0 radical (unpaired) electrons. The maximum Gasteiger partial charge on any atom is 0.231 e. The molecule has 2 heterocycles. The molecule has 2 aromatic rings. The van der Waals surface area contributed by atoms with Crippen LogP contribution in [0.25, 0.3) is 0 Å². The molecule has 3 rings (SSSR count). The van der Waals surface area contributed by atoms with Crippen LogP contribution in [0, 0.1) is 6.92 Å². The molecule has 0 spiro atoms. The first-order valence-electron chi connectivity index (χ1n) is 7.72. The molecule has 1 N–H and O–H groups in total. The first-order chi connectivity index (χ1) is 10.7. The summed E-state index contributed by atoms with van der Waals surface area (Å²) in [7, 11) is 0. The van der Waals surface area contributed by atoms with Gasteiger partial charge in [-0.2, -0.15) is 0 Å². The molecule has 22 heavy (non-hydrogen) atoms. The molecule has 0 saturated carbocycles. The molecule has 5 heteroatoms. The summed E-state index contributed by atoms with van der Waals surface area (Å²) in [5, 5.41) is 5.93. The second-order valence-electron chi connectivity index (χ2n) is 5.76. The van der Waals surface area contributed by atoms with E-state index in [0.717, 1.165) is 28.5 Å². The minimum atomic E-state index is -0.00336. The maximum atomic E-state index is 12.1. The highest BCUT2D eigenvalue weighted by Crippen LogP contribution is 2.17. The lowest BCUT2D eigenvalue weighted by Gasteiger charge is -2.11. The second-order valence-corrected chi connectivity index (χ2v) is 6.70. The Labute approximate surface area is 135 Å². The Kier molecular flexibility index (Phi) is 4.85. The van der Waals surface area contributed by atoms with Crippen LogP contribution >= 0.6 is 11.3 Å². The lowest BCUT2D eigenvalue weighted by Crippen LogP contribution is -2.19. The molecule has 1 aromatic carbocycles. The van der Waals surface area contributed by atoms with Crippen molar-refractivity contribution in [3.63, 3.8) is 0 Å². The Morgan fingerprint density at radius 2 is 2.09 bits per heavy atom. The van der Waals surface area contributed by atoms with Crippen molar-refractivity contribution in [2.45, 2.75) is 32.7 Å². The second kappa shape index (κ2) is 7.03. The van der Waals surface area contributed by atoms with Gasteiger partial charge in [0.15, 0.2) is 0 Å². The topological polar surface area (TPSA) is 45.2 Å². The number of nitrogens with one attached hydrogen (secondary N) is 1. The third-order valence-corrected chi connectivity index (χ3v) is 4.81. The van der Waals surface area contributed by atoms with Crippen LogP contribution in [0.2, 0.25) is 0 Å². The average Bonchev–Trinajstić information content (AvgIpc) is 3.14. The van der Waals surface area contributed by atoms with Gasteiger partial charge in [-0.25, -0.2) is 4.98 Å². The Morgan fingerprint density at radius 3 is 2.86 bits per heavy atom. The molecule has 0 aliphatic carbocycles. The van der Waals surface area contributed by atoms with Gasteiger partial charge in [0.05, 0.1) is 12.1 Å². The van der Waals surface area contributed by atoms with Crippen molar-refractivity contribution >= 4 is 22.9 Å². The molecular formula is C17H21N3OS. The number of para-hydroxylation sites is 1. The van der Waals surface area contributed by atoms with Crippen molar-refractivity contribution in [2.75, 3.05) is 18.4 Å². The van der Waals surface area contributed by atoms with Gasteiger partial charge in [-0.05, 0) is 44.5 Å². The summed E-state index contributed by atoms with van der Waals surface area (Å²) in [5.74, 6) is -0.00336.